The Bertz CT molecular complexity index is 447. The van der Waals surface area contributed by atoms with E-state index in [9.17, 15) is 26.3 Å². The molecule has 0 amide bonds. The molecule has 0 radical (unpaired) electrons. The molecule has 0 unspecified atom stereocenters. The van der Waals surface area contributed by atoms with E-state index in [1.165, 1.54) is 20.8 Å². The van der Waals surface area contributed by atoms with E-state index in [0.717, 1.165) is 6.92 Å². The molecular weight excluding hydrogens is 262 g/mol. The van der Waals surface area contributed by atoms with Gasteiger partial charge in [-0.2, -0.15) is 31.4 Å². The van der Waals surface area contributed by atoms with E-state index < -0.39 is 34.8 Å². The summed E-state index contributed by atoms with van der Waals surface area (Å²) in [5, 5.41) is 3.39. The van der Waals surface area contributed by atoms with Crippen LogP contribution in [0, 0.1) is 6.92 Å². The number of aryl methyl sites for hydroxylation is 1. The monoisotopic (exact) mass is 274 g/mol. The summed E-state index contributed by atoms with van der Waals surface area (Å²) in [5.74, 6) is 0. The topological polar surface area (TPSA) is 17.8 Å². The predicted octanol–water partition coefficient (Wildman–Crippen LogP) is 3.98. The Morgan fingerprint density at radius 2 is 1.33 bits per heavy atom. The van der Waals surface area contributed by atoms with E-state index in [1.807, 2.05) is 0 Å². The quantitative estimate of drug-likeness (QED) is 0.654. The van der Waals surface area contributed by atoms with Gasteiger partial charge < -0.3 is 0 Å². The summed E-state index contributed by atoms with van der Waals surface area (Å²) in [7, 11) is 0. The maximum atomic E-state index is 12.8. The molecule has 18 heavy (non-hydrogen) atoms. The molecule has 0 spiro atoms. The first-order valence-electron chi connectivity index (χ1n) is 5.00. The number of hydrogen-bond acceptors (Lipinski definition) is 1. The van der Waals surface area contributed by atoms with Gasteiger partial charge >= 0.3 is 12.4 Å². The molecule has 2 nitrogen and oxygen atoms in total. The molecule has 1 heterocycles. The Morgan fingerprint density at radius 1 is 0.889 bits per heavy atom. The van der Waals surface area contributed by atoms with Crippen molar-refractivity contribution in [1.82, 2.24) is 9.78 Å². The SMILES string of the molecule is Cc1nn(C(C)(C)C)c(C(F)(F)F)c1C(F)(F)F. The number of aromatic nitrogens is 2. The van der Waals surface area contributed by atoms with Crippen LogP contribution in [-0.2, 0) is 17.9 Å². The second kappa shape index (κ2) is 3.89. The fourth-order valence-corrected chi connectivity index (χ4v) is 1.61. The van der Waals surface area contributed by atoms with Gasteiger partial charge in [0, 0.05) is 0 Å². The van der Waals surface area contributed by atoms with Crippen molar-refractivity contribution >= 4 is 0 Å². The van der Waals surface area contributed by atoms with Crippen molar-refractivity contribution < 1.29 is 26.3 Å². The van der Waals surface area contributed by atoms with Crippen LogP contribution in [0.15, 0.2) is 0 Å². The Morgan fingerprint density at radius 3 is 1.61 bits per heavy atom. The van der Waals surface area contributed by atoms with Crippen LogP contribution in [0.4, 0.5) is 26.3 Å². The highest BCUT2D eigenvalue weighted by Gasteiger charge is 2.49. The third kappa shape index (κ3) is 2.62. The Labute approximate surface area is 99.6 Å². The third-order valence-electron chi connectivity index (χ3n) is 2.25. The molecule has 1 aromatic rings. The molecule has 0 atom stereocenters. The Kier molecular flexibility index (Phi) is 3.21. The fraction of sp³-hybridized carbons (Fsp3) is 0.700. The van der Waals surface area contributed by atoms with Gasteiger partial charge in [0.05, 0.1) is 11.2 Å². The second-order valence-corrected chi connectivity index (χ2v) is 4.89. The van der Waals surface area contributed by atoms with Gasteiger partial charge in [-0.05, 0) is 27.7 Å². The summed E-state index contributed by atoms with van der Waals surface area (Å²) in [6.07, 6.45) is -10.2. The lowest BCUT2D eigenvalue weighted by atomic mass is 10.1. The largest absolute Gasteiger partial charge is 0.433 e. The van der Waals surface area contributed by atoms with Crippen LogP contribution < -0.4 is 0 Å². The van der Waals surface area contributed by atoms with Crippen LogP contribution >= 0.6 is 0 Å². The van der Waals surface area contributed by atoms with Gasteiger partial charge in [-0.15, -0.1) is 0 Å². The smallest absolute Gasteiger partial charge is 0.254 e. The minimum atomic E-state index is -5.11. The van der Waals surface area contributed by atoms with Crippen LogP contribution in [0.3, 0.4) is 0 Å². The minimum Gasteiger partial charge on any atom is -0.254 e. The minimum absolute atomic E-state index is 0.380. The fourth-order valence-electron chi connectivity index (χ4n) is 1.61. The molecule has 0 N–H and O–H groups in total. The number of nitrogens with zero attached hydrogens (tertiary/aromatic N) is 2. The van der Waals surface area contributed by atoms with Gasteiger partial charge in [-0.1, -0.05) is 0 Å². The second-order valence-electron chi connectivity index (χ2n) is 4.89. The molecule has 1 aromatic heterocycles. The van der Waals surface area contributed by atoms with Crippen LogP contribution in [0.25, 0.3) is 0 Å². The van der Waals surface area contributed by atoms with Crippen LogP contribution in [0.2, 0.25) is 0 Å². The van der Waals surface area contributed by atoms with Crippen LogP contribution in [0.1, 0.15) is 37.7 Å². The van der Waals surface area contributed by atoms with E-state index in [1.54, 1.807) is 0 Å². The number of alkyl halides is 6. The summed E-state index contributed by atoms with van der Waals surface area (Å²) >= 11 is 0. The summed E-state index contributed by atoms with van der Waals surface area (Å²) in [6, 6.07) is 0. The van der Waals surface area contributed by atoms with Crippen molar-refractivity contribution in [2.75, 3.05) is 0 Å². The summed E-state index contributed by atoms with van der Waals surface area (Å²) in [4.78, 5) is 0. The lowest BCUT2D eigenvalue weighted by Gasteiger charge is -2.24. The third-order valence-corrected chi connectivity index (χ3v) is 2.25. The molecule has 0 aliphatic rings. The maximum absolute atomic E-state index is 12.8. The van der Waals surface area contributed by atoms with Gasteiger partial charge in [0.15, 0.2) is 5.69 Å². The van der Waals surface area contributed by atoms with E-state index in [0.29, 0.717) is 4.68 Å². The lowest BCUT2D eigenvalue weighted by Crippen LogP contribution is -2.30. The molecule has 1 rings (SSSR count). The molecule has 0 saturated heterocycles. The number of rotatable bonds is 0. The van der Waals surface area contributed by atoms with Gasteiger partial charge in [-0.3, -0.25) is 4.68 Å². The first-order chi connectivity index (χ1) is 7.76. The van der Waals surface area contributed by atoms with Gasteiger partial charge in [-0.25, -0.2) is 0 Å². The number of hydrogen-bond donors (Lipinski definition) is 0. The van der Waals surface area contributed by atoms with E-state index >= 15 is 0 Å². The van der Waals surface area contributed by atoms with Crippen LogP contribution in [0.5, 0.6) is 0 Å². The average molecular weight is 274 g/mol. The highest BCUT2D eigenvalue weighted by Crippen LogP contribution is 2.43. The highest BCUT2D eigenvalue weighted by atomic mass is 19.4. The Hall–Kier alpha value is -1.21. The highest BCUT2D eigenvalue weighted by molar-refractivity contribution is 5.31. The Balaban J connectivity index is 3.70. The van der Waals surface area contributed by atoms with Crippen molar-refractivity contribution in [3.63, 3.8) is 0 Å². The normalized spacial score (nSPS) is 14.1. The molecule has 0 aliphatic heterocycles. The molecule has 0 bridgehead atoms. The lowest BCUT2D eigenvalue weighted by molar-refractivity contribution is -0.167. The molecule has 8 heteroatoms. The van der Waals surface area contributed by atoms with Gasteiger partial charge in [0.25, 0.3) is 0 Å². The number of halogens is 6. The summed E-state index contributed by atoms with van der Waals surface area (Å²) in [6.45, 7) is 4.98. The molecule has 0 aliphatic carbocycles. The van der Waals surface area contributed by atoms with Crippen LogP contribution in [-0.4, -0.2) is 9.78 Å². The molecule has 0 aromatic carbocycles. The molecular formula is C10H12F6N2. The van der Waals surface area contributed by atoms with Crippen molar-refractivity contribution in [3.8, 4) is 0 Å². The zero-order valence-corrected chi connectivity index (χ0v) is 10.2. The average Bonchev–Trinajstić information content (AvgIpc) is 2.39. The first kappa shape index (κ1) is 14.8. The van der Waals surface area contributed by atoms with E-state index in [-0.39, 0.29) is 0 Å². The zero-order valence-electron chi connectivity index (χ0n) is 10.2. The van der Waals surface area contributed by atoms with Crippen molar-refractivity contribution in [2.45, 2.75) is 45.6 Å². The molecule has 0 saturated carbocycles. The van der Waals surface area contributed by atoms with Crippen molar-refractivity contribution in [2.24, 2.45) is 0 Å². The molecule has 104 valence electrons. The maximum Gasteiger partial charge on any atom is 0.433 e. The van der Waals surface area contributed by atoms with E-state index in [4.69, 9.17) is 0 Å². The van der Waals surface area contributed by atoms with Gasteiger partial charge in [0.2, 0.25) is 0 Å². The van der Waals surface area contributed by atoms with E-state index in [2.05, 4.69) is 5.10 Å². The first-order valence-corrected chi connectivity index (χ1v) is 5.00. The van der Waals surface area contributed by atoms with Crippen molar-refractivity contribution in [1.29, 1.82) is 0 Å². The zero-order chi connectivity index (χ0) is 14.5. The standard InChI is InChI=1S/C10H12F6N2/c1-5-6(9(11,12)13)7(10(14,15)16)18(17-5)8(2,3)4/h1-4H3. The van der Waals surface area contributed by atoms with Gasteiger partial charge in [0.1, 0.15) is 5.56 Å². The predicted molar refractivity (Wildman–Crippen MR) is 52.0 cm³/mol. The summed E-state index contributed by atoms with van der Waals surface area (Å²) in [5.41, 5.74) is -5.34. The molecule has 0 fully saturated rings. The van der Waals surface area contributed by atoms with Crippen molar-refractivity contribution in [3.05, 3.63) is 17.0 Å². The summed E-state index contributed by atoms with van der Waals surface area (Å²) < 4.78 is 76.9.